The van der Waals surface area contributed by atoms with Gasteiger partial charge in [0.15, 0.2) is 0 Å². The van der Waals surface area contributed by atoms with Crippen LogP contribution in [0, 0.1) is 36.0 Å². The Balaban J connectivity index is 0.828. The number of nitrogens with one attached hydrogen (secondary N) is 2. The second kappa shape index (κ2) is 15.5. The summed E-state index contributed by atoms with van der Waals surface area (Å²) in [5.74, 6) is 8.12. The van der Waals surface area contributed by atoms with Gasteiger partial charge < -0.3 is 20.8 Å². The summed E-state index contributed by atoms with van der Waals surface area (Å²) in [6.07, 6.45) is 12.7. The molecular weight excluding hydrogens is 661 g/mol. The van der Waals surface area contributed by atoms with Crippen LogP contribution in [-0.4, -0.2) is 50.7 Å². The molecule has 53 heavy (non-hydrogen) atoms. The Bertz CT molecular complexity index is 2030. The zero-order valence-corrected chi connectivity index (χ0v) is 30.8. The van der Waals surface area contributed by atoms with Crippen LogP contribution in [-0.2, 0) is 6.42 Å². The maximum absolute atomic E-state index is 12.8. The number of hydrogen-bond donors (Lipinski definition) is 4. The van der Waals surface area contributed by atoms with E-state index in [9.17, 15) is 19.8 Å². The van der Waals surface area contributed by atoms with E-state index in [0.29, 0.717) is 59.8 Å². The molecule has 8 heteroatoms. The zero-order valence-electron chi connectivity index (χ0n) is 30.8. The van der Waals surface area contributed by atoms with Crippen molar-refractivity contribution in [1.82, 2.24) is 20.6 Å². The van der Waals surface area contributed by atoms with E-state index in [0.717, 1.165) is 74.6 Å². The van der Waals surface area contributed by atoms with Crippen molar-refractivity contribution in [3.8, 4) is 29.0 Å². The molecular formula is C45H50N4O4. The van der Waals surface area contributed by atoms with Crippen LogP contribution in [0.25, 0.3) is 11.4 Å². The van der Waals surface area contributed by atoms with Gasteiger partial charge >= 0.3 is 0 Å². The lowest BCUT2D eigenvalue weighted by atomic mass is 9.53. The average Bonchev–Trinajstić information content (AvgIpc) is 3.44. The van der Waals surface area contributed by atoms with Crippen molar-refractivity contribution in [3.05, 3.63) is 113 Å². The van der Waals surface area contributed by atoms with Crippen LogP contribution in [0.2, 0.25) is 0 Å². The van der Waals surface area contributed by atoms with Gasteiger partial charge in [-0.3, -0.25) is 19.6 Å². The largest absolute Gasteiger partial charge is 0.508 e. The first-order valence-electron chi connectivity index (χ1n) is 19.3. The Kier molecular flexibility index (Phi) is 10.7. The molecule has 3 aliphatic rings. The molecule has 0 unspecified atom stereocenters. The molecule has 2 amide bonds. The molecule has 4 N–H and O–H groups in total. The quantitative estimate of drug-likeness (QED) is 0.0998. The van der Waals surface area contributed by atoms with E-state index in [1.807, 2.05) is 43.3 Å². The topological polar surface area (TPSA) is 124 Å². The number of amides is 2. The molecule has 8 nitrogen and oxygen atoms in total. The lowest BCUT2D eigenvalue weighted by Gasteiger charge is -2.52. The minimum absolute atomic E-state index is 0.111. The highest BCUT2D eigenvalue weighted by Crippen LogP contribution is 2.64. The van der Waals surface area contributed by atoms with Crippen LogP contribution in [0.5, 0.6) is 5.75 Å². The molecule has 7 rings (SSSR count). The van der Waals surface area contributed by atoms with Crippen molar-refractivity contribution in [1.29, 1.82) is 0 Å². The molecule has 274 valence electrons. The average molecular weight is 711 g/mol. The molecule has 0 aliphatic heterocycles. The number of nitrogens with zero attached hydrogens (tertiary/aromatic N) is 2. The monoisotopic (exact) mass is 710 g/mol. The second-order valence-corrected chi connectivity index (χ2v) is 15.6. The fourth-order valence-corrected chi connectivity index (χ4v) is 9.27. The highest BCUT2D eigenvalue weighted by molar-refractivity contribution is 5.95. The van der Waals surface area contributed by atoms with Crippen LogP contribution >= 0.6 is 0 Å². The number of pyridine rings is 2. The summed E-state index contributed by atoms with van der Waals surface area (Å²) in [7, 11) is 0. The normalized spacial score (nSPS) is 24.2. The third-order valence-corrected chi connectivity index (χ3v) is 12.3. The SMILES string of the molecule is Cc1ccnc(-c2cc(C(=O)NCCCCCCNC(=O)c3ccc(C#C[C@]4(O)CC[C@H]5[C@@H]6CCc7cc(O)ccc7[C@H]6CC[C@@]54C)cc3)ccn2)c1. The molecule has 0 bridgehead atoms. The van der Waals surface area contributed by atoms with Gasteiger partial charge in [0.05, 0.1) is 11.4 Å². The van der Waals surface area contributed by atoms with E-state index >= 15 is 0 Å². The number of aliphatic hydroxyl groups is 1. The molecule has 2 heterocycles. The number of carbonyl (C=O) groups excluding carboxylic acids is 2. The maximum Gasteiger partial charge on any atom is 0.251 e. The summed E-state index contributed by atoms with van der Waals surface area (Å²) in [4.78, 5) is 34.2. The van der Waals surface area contributed by atoms with Crippen LogP contribution in [0.15, 0.2) is 79.1 Å². The van der Waals surface area contributed by atoms with Crippen molar-refractivity contribution < 1.29 is 19.8 Å². The molecule has 0 radical (unpaired) electrons. The molecule has 2 aromatic heterocycles. The van der Waals surface area contributed by atoms with Gasteiger partial charge in [-0.2, -0.15) is 0 Å². The van der Waals surface area contributed by atoms with Crippen molar-refractivity contribution in [3.63, 3.8) is 0 Å². The summed E-state index contributed by atoms with van der Waals surface area (Å²) >= 11 is 0. The van der Waals surface area contributed by atoms with E-state index in [-0.39, 0.29) is 17.2 Å². The Hall–Kier alpha value is -5.00. The fourth-order valence-electron chi connectivity index (χ4n) is 9.27. The van der Waals surface area contributed by atoms with Crippen molar-refractivity contribution in [2.24, 2.45) is 17.3 Å². The first-order chi connectivity index (χ1) is 25.6. The number of aromatic nitrogens is 2. The second-order valence-electron chi connectivity index (χ2n) is 15.6. The molecule has 3 aliphatic carbocycles. The highest BCUT2D eigenvalue weighted by atomic mass is 16.3. The van der Waals surface area contributed by atoms with Crippen molar-refractivity contribution >= 4 is 11.8 Å². The lowest BCUT2D eigenvalue weighted by Crippen LogP contribution is -2.50. The van der Waals surface area contributed by atoms with Crippen molar-refractivity contribution in [2.75, 3.05) is 13.1 Å². The van der Waals surface area contributed by atoms with Gasteiger partial charge in [-0.15, -0.1) is 0 Å². The number of unbranched alkanes of at least 4 members (excludes halogenated alkanes) is 3. The van der Waals surface area contributed by atoms with Gasteiger partial charge in [0, 0.05) is 47.6 Å². The summed E-state index contributed by atoms with van der Waals surface area (Å²) in [6, 6.07) is 20.6. The van der Waals surface area contributed by atoms with E-state index in [4.69, 9.17) is 0 Å². The summed E-state index contributed by atoms with van der Waals surface area (Å²) in [5.41, 5.74) is 5.82. The molecule has 2 fully saturated rings. The Morgan fingerprint density at radius 2 is 1.51 bits per heavy atom. The van der Waals surface area contributed by atoms with Gasteiger partial charge in [0.25, 0.3) is 11.8 Å². The van der Waals surface area contributed by atoms with E-state index in [1.54, 1.807) is 36.7 Å². The molecule has 4 aromatic rings. The Morgan fingerprint density at radius 1 is 0.811 bits per heavy atom. The summed E-state index contributed by atoms with van der Waals surface area (Å²) in [6.45, 7) is 5.42. The number of phenols is 1. The first-order valence-corrected chi connectivity index (χ1v) is 19.3. The van der Waals surface area contributed by atoms with E-state index in [1.165, 1.54) is 11.1 Å². The van der Waals surface area contributed by atoms with Crippen LogP contribution in [0.4, 0.5) is 0 Å². The van der Waals surface area contributed by atoms with Crippen molar-refractivity contribution in [2.45, 2.75) is 89.6 Å². The minimum Gasteiger partial charge on any atom is -0.508 e. The van der Waals surface area contributed by atoms with Crippen LogP contribution in [0.1, 0.15) is 114 Å². The minimum atomic E-state index is -1.04. The summed E-state index contributed by atoms with van der Waals surface area (Å²) < 4.78 is 0. The molecule has 0 spiro atoms. The summed E-state index contributed by atoms with van der Waals surface area (Å²) in [5, 5.41) is 28.0. The first kappa shape index (κ1) is 36.4. The number of phenolic OH excluding ortho intramolecular Hbond substituents is 1. The third kappa shape index (κ3) is 7.72. The molecule has 2 aromatic carbocycles. The highest BCUT2D eigenvalue weighted by Gasteiger charge is 2.61. The van der Waals surface area contributed by atoms with E-state index in [2.05, 4.69) is 45.4 Å². The molecule has 0 saturated heterocycles. The van der Waals surface area contributed by atoms with Crippen LogP contribution < -0.4 is 10.6 Å². The Labute approximate surface area is 312 Å². The number of rotatable bonds is 10. The predicted octanol–water partition coefficient (Wildman–Crippen LogP) is 7.52. The van der Waals surface area contributed by atoms with Gasteiger partial charge in [0.1, 0.15) is 11.4 Å². The number of carbonyl (C=O) groups is 2. The maximum atomic E-state index is 12.8. The fraction of sp³-hybridized carbons (Fsp3) is 0.422. The van der Waals surface area contributed by atoms with E-state index < -0.39 is 5.60 Å². The number of hydrogen-bond acceptors (Lipinski definition) is 6. The number of aryl methyl sites for hydroxylation is 2. The van der Waals surface area contributed by atoms with Gasteiger partial charge in [0.2, 0.25) is 0 Å². The third-order valence-electron chi connectivity index (χ3n) is 12.3. The Morgan fingerprint density at radius 3 is 2.25 bits per heavy atom. The van der Waals surface area contributed by atoms with Gasteiger partial charge in [-0.25, -0.2) is 0 Å². The standard InChI is InChI=1S/C45H50N4O4/c1-30-18-25-46-40(27-30)41-29-34(19-26-47-41)43(52)49-24-6-4-3-5-23-48-42(51)32-9-7-31(8-10-32)15-21-45(53)22-17-39-38-13-11-33-28-35(50)12-14-36(33)37(38)16-20-44(39,45)2/h7-10,12,14,18-19,25-29,37-39,50,53H,3-6,11,13,16-17,20,22-24H2,1-2H3,(H,48,51)(H,49,52)/t37-,38-,39+,44+,45+/m1/s1. The predicted molar refractivity (Wildman–Crippen MR) is 206 cm³/mol. The van der Waals surface area contributed by atoms with Crippen LogP contribution in [0.3, 0.4) is 0 Å². The number of aromatic hydroxyl groups is 1. The number of benzene rings is 2. The lowest BCUT2D eigenvalue weighted by molar-refractivity contribution is -0.0647. The number of fused-ring (bicyclic) bond motifs is 5. The zero-order chi connectivity index (χ0) is 37.0. The molecule has 2 saturated carbocycles. The smallest absolute Gasteiger partial charge is 0.251 e. The molecule has 5 atom stereocenters. The van der Waals surface area contributed by atoms with Gasteiger partial charge in [-0.1, -0.05) is 37.7 Å². The van der Waals surface area contributed by atoms with Gasteiger partial charge in [-0.05, 0) is 153 Å².